The van der Waals surface area contributed by atoms with Gasteiger partial charge in [0.2, 0.25) is 0 Å². The number of likely N-dealkylation sites (N-methyl/N-ethyl adjacent to an activating group) is 1. The lowest BCUT2D eigenvalue weighted by Crippen LogP contribution is -2.44. The van der Waals surface area contributed by atoms with Crippen molar-refractivity contribution in [2.75, 3.05) is 38.5 Å². The minimum absolute atomic E-state index is 0.203. The lowest BCUT2D eigenvalue weighted by atomic mass is 10.1. The van der Waals surface area contributed by atoms with Gasteiger partial charge in [0.15, 0.2) is 0 Å². The molecule has 0 unspecified atom stereocenters. The fourth-order valence-corrected chi connectivity index (χ4v) is 3.95. The van der Waals surface area contributed by atoms with E-state index in [0.29, 0.717) is 11.4 Å². The van der Waals surface area contributed by atoms with Gasteiger partial charge in [0, 0.05) is 81.1 Å². The Balaban J connectivity index is 1.31. The highest BCUT2D eigenvalue weighted by Crippen LogP contribution is 2.23. The molecule has 5 heterocycles. The van der Waals surface area contributed by atoms with Gasteiger partial charge in [-0.3, -0.25) is 24.3 Å². The number of carbonyl (C=O) groups is 1. The summed E-state index contributed by atoms with van der Waals surface area (Å²) in [5, 5.41) is 8.97. The number of hydrogen-bond acceptors (Lipinski definition) is 7. The van der Waals surface area contributed by atoms with Gasteiger partial charge in [0.1, 0.15) is 5.82 Å². The minimum atomic E-state index is -0.203. The largest absolute Gasteiger partial charge is 0.307 e. The monoisotopic (exact) mass is 442 g/mol. The van der Waals surface area contributed by atoms with E-state index < -0.39 is 0 Å². The zero-order chi connectivity index (χ0) is 22.8. The predicted octanol–water partition coefficient (Wildman–Crippen LogP) is 2.43. The molecule has 1 aliphatic heterocycles. The SMILES string of the molecule is CN1CCN(Cc2cc(C(=O)Nc3cc4cc(-c5cnn(C)c5)ncc4cn3)ccn2)CC1. The van der Waals surface area contributed by atoms with Crippen molar-refractivity contribution in [3.63, 3.8) is 0 Å². The highest BCUT2D eigenvalue weighted by atomic mass is 16.1. The van der Waals surface area contributed by atoms with Gasteiger partial charge in [0.25, 0.3) is 5.91 Å². The number of pyridine rings is 3. The summed E-state index contributed by atoms with van der Waals surface area (Å²) in [5.41, 5.74) is 3.22. The van der Waals surface area contributed by atoms with Crippen LogP contribution in [0.1, 0.15) is 16.1 Å². The molecule has 4 aromatic heterocycles. The number of rotatable bonds is 5. The molecule has 1 aliphatic rings. The second-order valence-electron chi connectivity index (χ2n) is 8.46. The Hall–Kier alpha value is -3.69. The van der Waals surface area contributed by atoms with Crippen LogP contribution in [0.15, 0.2) is 55.2 Å². The van der Waals surface area contributed by atoms with Crippen LogP contribution in [0.4, 0.5) is 5.82 Å². The van der Waals surface area contributed by atoms with Gasteiger partial charge in [-0.2, -0.15) is 5.10 Å². The number of aryl methyl sites for hydroxylation is 1. The molecule has 0 aromatic carbocycles. The topological polar surface area (TPSA) is 92.1 Å². The Labute approximate surface area is 192 Å². The molecule has 1 saturated heterocycles. The Bertz CT molecular complexity index is 1290. The normalized spacial score (nSPS) is 15.1. The molecule has 33 heavy (non-hydrogen) atoms. The van der Waals surface area contributed by atoms with E-state index in [0.717, 1.165) is 60.4 Å². The van der Waals surface area contributed by atoms with E-state index in [4.69, 9.17) is 0 Å². The molecule has 9 nitrogen and oxygen atoms in total. The summed E-state index contributed by atoms with van der Waals surface area (Å²) in [4.78, 5) is 30.9. The third-order valence-electron chi connectivity index (χ3n) is 5.91. The number of aromatic nitrogens is 5. The second kappa shape index (κ2) is 9.05. The van der Waals surface area contributed by atoms with Crippen LogP contribution in [0.2, 0.25) is 0 Å². The Kier molecular flexibility index (Phi) is 5.80. The van der Waals surface area contributed by atoms with Crippen molar-refractivity contribution in [1.29, 1.82) is 0 Å². The number of piperazine rings is 1. The summed E-state index contributed by atoms with van der Waals surface area (Å²) >= 11 is 0. The van der Waals surface area contributed by atoms with Gasteiger partial charge in [-0.25, -0.2) is 4.98 Å². The van der Waals surface area contributed by atoms with Gasteiger partial charge in [0.05, 0.1) is 17.6 Å². The second-order valence-corrected chi connectivity index (χ2v) is 8.46. The third kappa shape index (κ3) is 4.89. The van der Waals surface area contributed by atoms with E-state index in [1.54, 1.807) is 35.5 Å². The van der Waals surface area contributed by atoms with Crippen molar-refractivity contribution in [2.45, 2.75) is 6.54 Å². The maximum absolute atomic E-state index is 12.9. The van der Waals surface area contributed by atoms with Crippen molar-refractivity contribution in [2.24, 2.45) is 7.05 Å². The third-order valence-corrected chi connectivity index (χ3v) is 5.91. The molecular formula is C24H26N8O. The summed E-state index contributed by atoms with van der Waals surface area (Å²) < 4.78 is 1.74. The lowest BCUT2D eigenvalue weighted by Gasteiger charge is -2.32. The summed E-state index contributed by atoms with van der Waals surface area (Å²) in [5.74, 6) is 0.290. The minimum Gasteiger partial charge on any atom is -0.307 e. The Morgan fingerprint density at radius 2 is 1.79 bits per heavy atom. The average Bonchev–Trinajstić information content (AvgIpc) is 3.26. The van der Waals surface area contributed by atoms with Gasteiger partial charge in [-0.1, -0.05) is 0 Å². The van der Waals surface area contributed by atoms with E-state index in [1.807, 2.05) is 31.4 Å². The van der Waals surface area contributed by atoms with Crippen molar-refractivity contribution in [3.8, 4) is 11.3 Å². The molecule has 1 fully saturated rings. The molecular weight excluding hydrogens is 416 g/mol. The van der Waals surface area contributed by atoms with Crippen LogP contribution < -0.4 is 5.32 Å². The molecule has 1 amide bonds. The smallest absolute Gasteiger partial charge is 0.256 e. The maximum atomic E-state index is 12.9. The summed E-state index contributed by atoms with van der Waals surface area (Å²) in [6.07, 6.45) is 8.89. The first-order valence-corrected chi connectivity index (χ1v) is 11.0. The zero-order valence-electron chi connectivity index (χ0n) is 18.8. The average molecular weight is 443 g/mol. The Morgan fingerprint density at radius 1 is 0.970 bits per heavy atom. The number of nitrogens with zero attached hydrogens (tertiary/aromatic N) is 7. The molecule has 0 bridgehead atoms. The van der Waals surface area contributed by atoms with Crippen LogP contribution in [-0.2, 0) is 13.6 Å². The molecule has 168 valence electrons. The maximum Gasteiger partial charge on any atom is 0.256 e. The number of nitrogens with one attached hydrogen (secondary N) is 1. The summed E-state index contributed by atoms with van der Waals surface area (Å²) in [7, 11) is 4.01. The van der Waals surface area contributed by atoms with Crippen LogP contribution in [0.3, 0.4) is 0 Å². The number of anilines is 1. The van der Waals surface area contributed by atoms with Crippen LogP contribution in [0.25, 0.3) is 22.0 Å². The molecule has 0 radical (unpaired) electrons. The van der Waals surface area contributed by atoms with Crippen molar-refractivity contribution in [3.05, 3.63) is 66.5 Å². The van der Waals surface area contributed by atoms with Crippen LogP contribution in [0, 0.1) is 0 Å². The van der Waals surface area contributed by atoms with Crippen molar-refractivity contribution < 1.29 is 4.79 Å². The number of hydrogen-bond donors (Lipinski definition) is 1. The van der Waals surface area contributed by atoms with Crippen LogP contribution in [0.5, 0.6) is 0 Å². The molecule has 1 N–H and O–H groups in total. The van der Waals surface area contributed by atoms with Crippen molar-refractivity contribution in [1.82, 2.24) is 34.5 Å². The first-order valence-electron chi connectivity index (χ1n) is 11.0. The van der Waals surface area contributed by atoms with E-state index in [1.165, 1.54) is 0 Å². The molecule has 4 aromatic rings. The van der Waals surface area contributed by atoms with Gasteiger partial charge >= 0.3 is 0 Å². The highest BCUT2D eigenvalue weighted by molar-refractivity contribution is 6.04. The quantitative estimate of drug-likeness (QED) is 0.507. The van der Waals surface area contributed by atoms with Crippen LogP contribution in [-0.4, -0.2) is 73.7 Å². The highest BCUT2D eigenvalue weighted by Gasteiger charge is 2.16. The zero-order valence-corrected chi connectivity index (χ0v) is 18.8. The van der Waals surface area contributed by atoms with E-state index in [9.17, 15) is 4.79 Å². The molecule has 5 rings (SSSR count). The fraction of sp³-hybridized carbons (Fsp3) is 0.292. The molecule has 0 saturated carbocycles. The van der Waals surface area contributed by atoms with E-state index in [-0.39, 0.29) is 5.91 Å². The summed E-state index contributed by atoms with van der Waals surface area (Å²) in [6.45, 7) is 4.85. The van der Waals surface area contributed by atoms with Gasteiger partial charge in [-0.15, -0.1) is 0 Å². The predicted molar refractivity (Wildman–Crippen MR) is 127 cm³/mol. The number of carbonyl (C=O) groups excluding carboxylic acids is 1. The fourth-order valence-electron chi connectivity index (χ4n) is 3.95. The van der Waals surface area contributed by atoms with Gasteiger partial charge < -0.3 is 10.2 Å². The number of fused-ring (bicyclic) bond motifs is 1. The van der Waals surface area contributed by atoms with Crippen LogP contribution >= 0.6 is 0 Å². The Morgan fingerprint density at radius 3 is 2.58 bits per heavy atom. The molecule has 0 spiro atoms. The van der Waals surface area contributed by atoms with E-state index >= 15 is 0 Å². The molecule has 0 atom stereocenters. The lowest BCUT2D eigenvalue weighted by molar-refractivity contribution is 0.102. The van der Waals surface area contributed by atoms with Gasteiger partial charge in [-0.05, 0) is 36.7 Å². The molecule has 0 aliphatic carbocycles. The first-order chi connectivity index (χ1) is 16.0. The van der Waals surface area contributed by atoms with Crippen molar-refractivity contribution >= 4 is 22.5 Å². The first kappa shape index (κ1) is 21.2. The summed E-state index contributed by atoms with van der Waals surface area (Å²) in [6, 6.07) is 7.43. The number of amides is 1. The molecule has 9 heteroatoms. The van der Waals surface area contributed by atoms with E-state index in [2.05, 4.69) is 42.2 Å². The standard InChI is InChI=1S/C24H26N8O/c1-30-5-7-32(8-6-30)16-21-9-17(3-4-25-21)24(33)29-23-11-18-10-22(20-14-28-31(2)15-20)26-12-19(18)13-27-23/h3-4,9-15H,5-8,16H2,1-2H3,(H,27,29,33).